The summed E-state index contributed by atoms with van der Waals surface area (Å²) in [6.45, 7) is 9.11. The third-order valence-corrected chi connectivity index (χ3v) is 3.09. The Morgan fingerprint density at radius 2 is 1.27 bits per heavy atom. The molecule has 0 aliphatic carbocycles. The summed E-state index contributed by atoms with van der Waals surface area (Å²) < 4.78 is 0. The van der Waals surface area contributed by atoms with Crippen molar-refractivity contribution in [3.05, 3.63) is 73.8 Å². The molecule has 0 amide bonds. The number of hydrogen-bond donors (Lipinski definition) is 1. The summed E-state index contributed by atoms with van der Waals surface area (Å²) in [5, 5.41) is 8.41. The first-order valence-corrected chi connectivity index (χ1v) is 7.07. The summed E-state index contributed by atoms with van der Waals surface area (Å²) in [6.07, 6.45) is 3.75. The van der Waals surface area contributed by atoms with E-state index < -0.39 is 0 Å². The zero-order chi connectivity index (χ0) is 15.8. The Balaban J connectivity index is 2.09. The van der Waals surface area contributed by atoms with Gasteiger partial charge in [0.05, 0.1) is 11.4 Å². The van der Waals surface area contributed by atoms with E-state index in [0.717, 1.165) is 30.2 Å². The number of nitrogen functional groups attached to an aromatic ring is 1. The van der Waals surface area contributed by atoms with Crippen molar-refractivity contribution in [1.29, 1.82) is 0 Å². The second-order valence-electron chi connectivity index (χ2n) is 4.79. The summed E-state index contributed by atoms with van der Waals surface area (Å²) in [6, 6.07) is 15.2. The first-order chi connectivity index (χ1) is 10.7. The third-order valence-electron chi connectivity index (χ3n) is 3.09. The van der Waals surface area contributed by atoms with Crippen LogP contribution in [0.4, 0.5) is 22.7 Å². The molecule has 2 N–H and O–H groups in total. The van der Waals surface area contributed by atoms with Gasteiger partial charge in [-0.3, -0.25) is 0 Å². The van der Waals surface area contributed by atoms with E-state index in [1.165, 1.54) is 0 Å². The molecule has 2 aromatic rings. The van der Waals surface area contributed by atoms with Gasteiger partial charge >= 0.3 is 0 Å². The minimum Gasteiger partial charge on any atom is -0.399 e. The van der Waals surface area contributed by atoms with E-state index in [1.807, 2.05) is 48.6 Å². The molecule has 0 heterocycles. The average Bonchev–Trinajstić information content (AvgIpc) is 2.55. The Labute approximate surface area is 131 Å². The highest BCUT2D eigenvalue weighted by Crippen LogP contribution is 2.22. The van der Waals surface area contributed by atoms with Gasteiger partial charge in [-0.05, 0) is 48.5 Å². The topological polar surface area (TPSA) is 54.0 Å². The minimum absolute atomic E-state index is 0.716. The van der Waals surface area contributed by atoms with E-state index in [2.05, 4.69) is 28.3 Å². The predicted molar refractivity (Wildman–Crippen MR) is 94.1 cm³/mol. The van der Waals surface area contributed by atoms with Crippen molar-refractivity contribution in [2.75, 3.05) is 23.7 Å². The number of azo groups is 1. The molecule has 0 bridgehead atoms. The van der Waals surface area contributed by atoms with E-state index >= 15 is 0 Å². The lowest BCUT2D eigenvalue weighted by molar-refractivity contribution is 0.957. The maximum Gasteiger partial charge on any atom is 0.0858 e. The Morgan fingerprint density at radius 1 is 0.818 bits per heavy atom. The normalized spacial score (nSPS) is 10.5. The maximum absolute atomic E-state index is 5.64. The Kier molecular flexibility index (Phi) is 5.49. The van der Waals surface area contributed by atoms with Crippen LogP contribution in [0, 0.1) is 0 Å². The van der Waals surface area contributed by atoms with E-state index in [0.29, 0.717) is 5.69 Å². The van der Waals surface area contributed by atoms with Gasteiger partial charge in [0.1, 0.15) is 0 Å². The van der Waals surface area contributed by atoms with Crippen LogP contribution in [0.1, 0.15) is 0 Å². The zero-order valence-corrected chi connectivity index (χ0v) is 12.5. The summed E-state index contributed by atoms with van der Waals surface area (Å²) in [4.78, 5) is 2.17. The molecule has 0 saturated carbocycles. The molecular formula is C18H20N4. The van der Waals surface area contributed by atoms with Crippen LogP contribution in [0.25, 0.3) is 0 Å². The van der Waals surface area contributed by atoms with Gasteiger partial charge in [0.2, 0.25) is 0 Å². The van der Waals surface area contributed by atoms with E-state index in [-0.39, 0.29) is 0 Å². The second-order valence-corrected chi connectivity index (χ2v) is 4.79. The van der Waals surface area contributed by atoms with Crippen molar-refractivity contribution in [1.82, 2.24) is 0 Å². The molecule has 0 spiro atoms. The fourth-order valence-electron chi connectivity index (χ4n) is 1.98. The summed E-state index contributed by atoms with van der Waals surface area (Å²) in [7, 11) is 0. The van der Waals surface area contributed by atoms with Crippen LogP contribution in [0.15, 0.2) is 84.1 Å². The molecule has 0 aliphatic heterocycles. The number of nitrogens with zero attached hydrogens (tertiary/aromatic N) is 3. The lowest BCUT2D eigenvalue weighted by Gasteiger charge is -2.21. The monoisotopic (exact) mass is 292 g/mol. The van der Waals surface area contributed by atoms with Crippen LogP contribution in [-0.2, 0) is 0 Å². The highest BCUT2D eigenvalue weighted by molar-refractivity contribution is 5.54. The molecule has 2 aromatic carbocycles. The molecule has 0 aliphatic rings. The molecule has 4 heteroatoms. The Hall–Kier alpha value is -2.88. The number of anilines is 2. The van der Waals surface area contributed by atoms with Gasteiger partial charge in [-0.2, -0.15) is 10.2 Å². The largest absolute Gasteiger partial charge is 0.399 e. The fraction of sp³-hybridized carbons (Fsp3) is 0.111. The molecule has 0 unspecified atom stereocenters. The average molecular weight is 292 g/mol. The molecule has 0 aromatic heterocycles. The smallest absolute Gasteiger partial charge is 0.0858 e. The molecular weight excluding hydrogens is 272 g/mol. The predicted octanol–water partition coefficient (Wildman–Crippen LogP) is 4.86. The van der Waals surface area contributed by atoms with Crippen LogP contribution < -0.4 is 10.6 Å². The van der Waals surface area contributed by atoms with Crippen molar-refractivity contribution < 1.29 is 0 Å². The first kappa shape index (κ1) is 15.5. The SMILES string of the molecule is C=CCN(CC=C)c1ccc(N=Nc2ccc(N)cc2)cc1. The number of hydrogen-bond acceptors (Lipinski definition) is 4. The number of nitrogens with two attached hydrogens (primary N) is 1. The van der Waals surface area contributed by atoms with Gasteiger partial charge < -0.3 is 10.6 Å². The third kappa shape index (κ3) is 4.31. The molecule has 0 saturated heterocycles. The highest BCUT2D eigenvalue weighted by Gasteiger charge is 2.02. The van der Waals surface area contributed by atoms with Crippen molar-refractivity contribution in [2.45, 2.75) is 0 Å². The van der Waals surface area contributed by atoms with Crippen LogP contribution in [-0.4, -0.2) is 13.1 Å². The fourth-order valence-corrected chi connectivity index (χ4v) is 1.98. The van der Waals surface area contributed by atoms with Gasteiger partial charge in [-0.15, -0.1) is 13.2 Å². The Morgan fingerprint density at radius 3 is 1.73 bits per heavy atom. The molecule has 2 rings (SSSR count). The standard InChI is InChI=1S/C18H20N4/c1-3-13-22(14-4-2)18-11-9-17(10-12-18)21-20-16-7-5-15(19)6-8-16/h3-12H,1-2,13-14,19H2. The van der Waals surface area contributed by atoms with Crippen LogP contribution >= 0.6 is 0 Å². The van der Waals surface area contributed by atoms with Gasteiger partial charge in [-0.25, -0.2) is 0 Å². The van der Waals surface area contributed by atoms with Gasteiger partial charge in [0, 0.05) is 24.5 Å². The van der Waals surface area contributed by atoms with E-state index in [1.54, 1.807) is 12.1 Å². The summed E-state index contributed by atoms with van der Waals surface area (Å²) in [5.41, 5.74) is 9.04. The van der Waals surface area contributed by atoms with Gasteiger partial charge in [0.25, 0.3) is 0 Å². The summed E-state index contributed by atoms with van der Waals surface area (Å²) >= 11 is 0. The summed E-state index contributed by atoms with van der Waals surface area (Å²) in [5.74, 6) is 0. The number of rotatable bonds is 7. The lowest BCUT2D eigenvalue weighted by atomic mass is 10.2. The van der Waals surface area contributed by atoms with Crippen molar-refractivity contribution in [3.63, 3.8) is 0 Å². The van der Waals surface area contributed by atoms with E-state index in [9.17, 15) is 0 Å². The van der Waals surface area contributed by atoms with Crippen molar-refractivity contribution in [3.8, 4) is 0 Å². The van der Waals surface area contributed by atoms with Gasteiger partial charge in [-0.1, -0.05) is 12.2 Å². The molecule has 0 atom stereocenters. The van der Waals surface area contributed by atoms with Crippen LogP contribution in [0.3, 0.4) is 0 Å². The lowest BCUT2D eigenvalue weighted by Crippen LogP contribution is -2.22. The maximum atomic E-state index is 5.64. The van der Waals surface area contributed by atoms with Crippen molar-refractivity contribution >= 4 is 22.7 Å². The molecule has 112 valence electrons. The van der Waals surface area contributed by atoms with E-state index in [4.69, 9.17) is 5.73 Å². The Bertz CT molecular complexity index is 632. The quantitative estimate of drug-likeness (QED) is 0.450. The molecule has 0 radical (unpaired) electrons. The zero-order valence-electron chi connectivity index (χ0n) is 12.5. The number of benzene rings is 2. The van der Waals surface area contributed by atoms with Gasteiger partial charge in [0.15, 0.2) is 0 Å². The second kappa shape index (κ2) is 7.78. The minimum atomic E-state index is 0.716. The van der Waals surface area contributed by atoms with Crippen LogP contribution in [0.2, 0.25) is 0 Å². The molecule has 0 fully saturated rings. The molecule has 4 nitrogen and oxygen atoms in total. The first-order valence-electron chi connectivity index (χ1n) is 7.07. The highest BCUT2D eigenvalue weighted by atomic mass is 15.1. The van der Waals surface area contributed by atoms with Crippen molar-refractivity contribution in [2.24, 2.45) is 10.2 Å². The molecule has 22 heavy (non-hydrogen) atoms. The van der Waals surface area contributed by atoms with Crippen LogP contribution in [0.5, 0.6) is 0 Å².